The van der Waals surface area contributed by atoms with Crippen molar-refractivity contribution in [1.29, 1.82) is 5.26 Å². The molecule has 0 radical (unpaired) electrons. The van der Waals surface area contributed by atoms with Gasteiger partial charge in [0.1, 0.15) is 11.9 Å². The molecule has 1 amide bonds. The minimum absolute atomic E-state index is 0.0378. The minimum Gasteiger partial charge on any atom is -0.380 e. The number of nitrogens with zero attached hydrogens (tertiary/aromatic N) is 5. The van der Waals surface area contributed by atoms with Crippen molar-refractivity contribution in [3.63, 3.8) is 0 Å². The maximum absolute atomic E-state index is 12.8. The van der Waals surface area contributed by atoms with E-state index < -0.39 is 0 Å². The Morgan fingerprint density at radius 1 is 1.17 bits per heavy atom. The van der Waals surface area contributed by atoms with Gasteiger partial charge in [0.05, 0.1) is 6.61 Å². The molecule has 0 unspecified atom stereocenters. The number of amides is 1. The summed E-state index contributed by atoms with van der Waals surface area (Å²) >= 11 is 0. The van der Waals surface area contributed by atoms with E-state index in [1.54, 1.807) is 6.20 Å². The van der Waals surface area contributed by atoms with E-state index in [9.17, 15) is 4.79 Å². The van der Waals surface area contributed by atoms with Crippen LogP contribution < -0.4 is 15.5 Å². The third-order valence-electron chi connectivity index (χ3n) is 5.81. The lowest BCUT2D eigenvalue weighted by Gasteiger charge is -2.36. The molecule has 2 N–H and O–H groups in total. The molecule has 1 saturated heterocycles. The number of carbonyl (C=O) groups is 1. The molecule has 188 valence electrons. The molecular formula is C26H37N7O2. The lowest BCUT2D eigenvalue weighted by Crippen LogP contribution is -2.47. The van der Waals surface area contributed by atoms with E-state index in [1.165, 1.54) is 0 Å². The number of ether oxygens (including phenoxy) is 1. The molecule has 0 bridgehead atoms. The van der Waals surface area contributed by atoms with Crippen molar-refractivity contribution in [1.82, 2.24) is 20.2 Å². The van der Waals surface area contributed by atoms with Crippen LogP contribution in [0.25, 0.3) is 0 Å². The second kappa shape index (κ2) is 12.5. The zero-order valence-corrected chi connectivity index (χ0v) is 21.3. The number of rotatable bonds is 10. The number of nitrogens with one attached hydrogen (secondary N) is 2. The Hall–Kier alpha value is -3.22. The molecule has 3 rings (SSSR count). The van der Waals surface area contributed by atoms with Crippen LogP contribution in [0, 0.1) is 16.7 Å². The fourth-order valence-corrected chi connectivity index (χ4v) is 3.76. The molecule has 0 atom stereocenters. The summed E-state index contributed by atoms with van der Waals surface area (Å²) in [7, 11) is 0. The van der Waals surface area contributed by atoms with E-state index in [4.69, 9.17) is 10.00 Å². The van der Waals surface area contributed by atoms with E-state index in [1.807, 2.05) is 37.3 Å². The first kappa shape index (κ1) is 26.4. The first-order valence-corrected chi connectivity index (χ1v) is 12.2. The van der Waals surface area contributed by atoms with Crippen LogP contribution >= 0.6 is 0 Å². The minimum atomic E-state index is -0.163. The Bertz CT molecular complexity index is 1000. The van der Waals surface area contributed by atoms with Gasteiger partial charge in [-0.05, 0) is 36.6 Å². The summed E-state index contributed by atoms with van der Waals surface area (Å²) in [5, 5.41) is 15.4. The largest absolute Gasteiger partial charge is 0.380 e. The van der Waals surface area contributed by atoms with Gasteiger partial charge in [0.2, 0.25) is 5.82 Å². The van der Waals surface area contributed by atoms with E-state index in [-0.39, 0.29) is 23.7 Å². The lowest BCUT2D eigenvalue weighted by atomic mass is 9.97. The zero-order chi connectivity index (χ0) is 25.3. The first-order chi connectivity index (χ1) is 16.8. The third-order valence-corrected chi connectivity index (χ3v) is 5.81. The van der Waals surface area contributed by atoms with Gasteiger partial charge in [0.25, 0.3) is 5.91 Å². The quantitative estimate of drug-likeness (QED) is 0.501. The van der Waals surface area contributed by atoms with Crippen LogP contribution in [0.3, 0.4) is 0 Å². The number of anilines is 2. The van der Waals surface area contributed by atoms with Crippen LogP contribution in [0.2, 0.25) is 0 Å². The van der Waals surface area contributed by atoms with Crippen LogP contribution in [0.4, 0.5) is 11.5 Å². The molecule has 35 heavy (non-hydrogen) atoms. The Labute approximate surface area is 208 Å². The molecule has 1 aromatic carbocycles. The van der Waals surface area contributed by atoms with Crippen LogP contribution in [-0.2, 0) is 11.3 Å². The molecule has 2 aromatic rings. The molecule has 2 heterocycles. The predicted molar refractivity (Wildman–Crippen MR) is 137 cm³/mol. The molecule has 1 aromatic heterocycles. The summed E-state index contributed by atoms with van der Waals surface area (Å²) in [6.07, 6.45) is 1.59. The van der Waals surface area contributed by atoms with Crippen molar-refractivity contribution < 1.29 is 9.53 Å². The summed E-state index contributed by atoms with van der Waals surface area (Å²) < 4.78 is 5.46. The molecule has 0 spiro atoms. The molecule has 1 aliphatic rings. The number of aromatic nitrogens is 2. The number of carbonyl (C=O) groups excluding carboxylic acids is 1. The average molecular weight is 480 g/mol. The summed E-state index contributed by atoms with van der Waals surface area (Å²) in [4.78, 5) is 25.9. The number of benzene rings is 1. The van der Waals surface area contributed by atoms with E-state index >= 15 is 0 Å². The van der Waals surface area contributed by atoms with Gasteiger partial charge in [-0.3, -0.25) is 9.69 Å². The first-order valence-electron chi connectivity index (χ1n) is 12.2. The van der Waals surface area contributed by atoms with Crippen molar-refractivity contribution in [2.24, 2.45) is 5.41 Å². The van der Waals surface area contributed by atoms with Gasteiger partial charge in [0.15, 0.2) is 0 Å². The highest BCUT2D eigenvalue weighted by molar-refractivity contribution is 5.94. The number of hydrogen-bond acceptors (Lipinski definition) is 8. The maximum Gasteiger partial charge on any atom is 0.251 e. The SMILES string of the molecule is CCOCCN1CCN(c2ccc(C(=O)NCc3cnc(C#N)nc3NCC(C)(C)C)cc2)CC1. The second-order valence-corrected chi connectivity index (χ2v) is 9.85. The van der Waals surface area contributed by atoms with Crippen molar-refractivity contribution in [3.05, 3.63) is 47.4 Å². The van der Waals surface area contributed by atoms with Crippen LogP contribution in [-0.4, -0.2) is 73.3 Å². The second-order valence-electron chi connectivity index (χ2n) is 9.85. The normalized spacial score (nSPS) is 14.4. The summed E-state index contributed by atoms with van der Waals surface area (Å²) in [5.41, 5.74) is 2.50. The topological polar surface area (TPSA) is 106 Å². The number of piperazine rings is 1. The van der Waals surface area contributed by atoms with Crippen LogP contribution in [0.1, 0.15) is 49.4 Å². The Morgan fingerprint density at radius 3 is 2.51 bits per heavy atom. The van der Waals surface area contributed by atoms with Gasteiger partial charge in [-0.2, -0.15) is 5.26 Å². The van der Waals surface area contributed by atoms with Crippen LogP contribution in [0.15, 0.2) is 30.5 Å². The Kier molecular flexibility index (Phi) is 9.40. The van der Waals surface area contributed by atoms with Gasteiger partial charge in [0, 0.05) is 75.4 Å². The van der Waals surface area contributed by atoms with Gasteiger partial charge in [-0.25, -0.2) is 9.97 Å². The molecule has 0 saturated carbocycles. The smallest absolute Gasteiger partial charge is 0.251 e. The predicted octanol–water partition coefficient (Wildman–Crippen LogP) is 2.89. The molecule has 9 nitrogen and oxygen atoms in total. The summed E-state index contributed by atoms with van der Waals surface area (Å²) in [6, 6.07) is 9.70. The van der Waals surface area contributed by atoms with Gasteiger partial charge < -0.3 is 20.3 Å². The average Bonchev–Trinajstić information content (AvgIpc) is 2.86. The fraction of sp³-hybridized carbons (Fsp3) is 0.538. The molecular weight excluding hydrogens is 442 g/mol. The highest BCUT2D eigenvalue weighted by Crippen LogP contribution is 2.19. The number of nitriles is 1. The van der Waals surface area contributed by atoms with Crippen molar-refractivity contribution >= 4 is 17.4 Å². The fourth-order valence-electron chi connectivity index (χ4n) is 3.76. The monoisotopic (exact) mass is 479 g/mol. The van der Waals surface area contributed by atoms with Gasteiger partial charge >= 0.3 is 0 Å². The highest BCUT2D eigenvalue weighted by atomic mass is 16.5. The highest BCUT2D eigenvalue weighted by Gasteiger charge is 2.18. The molecule has 9 heteroatoms. The van der Waals surface area contributed by atoms with Gasteiger partial charge in [-0.15, -0.1) is 0 Å². The standard InChI is InChI=1S/C26H37N7O2/c1-5-35-15-14-32-10-12-33(13-11-32)22-8-6-20(7-9-22)25(34)29-18-21-17-28-23(16-27)31-24(21)30-19-26(2,3)4/h6-9,17H,5,10-15,18-19H2,1-4H3,(H,29,34)(H,28,30,31). The lowest BCUT2D eigenvalue weighted by molar-refractivity contribution is 0.0951. The van der Waals surface area contributed by atoms with Crippen molar-refractivity contribution in [2.75, 3.05) is 62.7 Å². The van der Waals surface area contributed by atoms with Crippen LogP contribution in [0.5, 0.6) is 0 Å². The summed E-state index contributed by atoms with van der Waals surface area (Å²) in [6.45, 7) is 15.7. The molecule has 1 aliphatic heterocycles. The molecule has 0 aliphatic carbocycles. The zero-order valence-electron chi connectivity index (χ0n) is 21.3. The maximum atomic E-state index is 12.8. The third kappa shape index (κ3) is 8.19. The van der Waals surface area contributed by atoms with Crippen molar-refractivity contribution in [3.8, 4) is 6.07 Å². The summed E-state index contributed by atoms with van der Waals surface area (Å²) in [5.74, 6) is 0.508. The van der Waals surface area contributed by atoms with E-state index in [0.29, 0.717) is 17.9 Å². The Balaban J connectivity index is 1.54. The van der Waals surface area contributed by atoms with Gasteiger partial charge in [-0.1, -0.05) is 20.8 Å². The molecule has 1 fully saturated rings. The Morgan fingerprint density at radius 2 is 1.89 bits per heavy atom. The number of hydrogen-bond donors (Lipinski definition) is 2. The van der Waals surface area contributed by atoms with Crippen molar-refractivity contribution in [2.45, 2.75) is 34.2 Å². The van der Waals surface area contributed by atoms with E-state index in [0.717, 1.165) is 57.2 Å². The van der Waals surface area contributed by atoms with E-state index in [2.05, 4.69) is 51.2 Å².